The maximum Gasteiger partial charge on any atom is 0.323 e. The number of aromatic nitrogens is 5. The van der Waals surface area contributed by atoms with E-state index < -0.39 is 5.54 Å². The second-order valence-electron chi connectivity index (χ2n) is 8.61. The molecule has 2 amide bonds. The molecule has 0 spiro atoms. The summed E-state index contributed by atoms with van der Waals surface area (Å²) < 4.78 is 12.6. The van der Waals surface area contributed by atoms with Gasteiger partial charge in [0, 0.05) is 37.9 Å². The number of hydrogen-bond donors (Lipinski definition) is 1. The van der Waals surface area contributed by atoms with Crippen LogP contribution in [-0.2, 0) is 23.9 Å². The Hall–Kier alpha value is -2.98. The number of carbonyl (C=O) groups is 1. The minimum Gasteiger partial charge on any atom is -0.420 e. The molecule has 1 saturated carbocycles. The molecule has 168 valence electrons. The monoisotopic (exact) mass is 457 g/mol. The lowest BCUT2D eigenvalue weighted by Gasteiger charge is -2.61. The first-order chi connectivity index (χ1) is 15.4. The third-order valence-electron chi connectivity index (χ3n) is 6.17. The van der Waals surface area contributed by atoms with E-state index >= 15 is 0 Å². The molecular formula is C21H24ClN7O3. The Morgan fingerprint density at radius 2 is 2.22 bits per heavy atom. The topological polar surface area (TPSA) is 111 Å². The summed E-state index contributed by atoms with van der Waals surface area (Å²) in [5.41, 5.74) is 0.669. The van der Waals surface area contributed by atoms with Crippen molar-refractivity contribution in [2.75, 3.05) is 12.4 Å². The summed E-state index contributed by atoms with van der Waals surface area (Å²) in [4.78, 5) is 19.5. The zero-order valence-corrected chi connectivity index (χ0v) is 18.8. The Morgan fingerprint density at radius 1 is 1.38 bits per heavy atom. The number of likely N-dealkylation sites (tertiary alicyclic amines) is 1. The van der Waals surface area contributed by atoms with Gasteiger partial charge in [0.25, 0.3) is 0 Å². The van der Waals surface area contributed by atoms with E-state index in [4.69, 9.17) is 20.8 Å². The van der Waals surface area contributed by atoms with Crippen LogP contribution < -0.4 is 5.32 Å². The first-order valence-electron chi connectivity index (χ1n) is 10.5. The van der Waals surface area contributed by atoms with Crippen molar-refractivity contribution in [1.29, 1.82) is 0 Å². The van der Waals surface area contributed by atoms with E-state index in [1.54, 1.807) is 43.4 Å². The van der Waals surface area contributed by atoms with Crippen LogP contribution in [0.3, 0.4) is 0 Å². The Bertz CT molecular complexity index is 1160. The van der Waals surface area contributed by atoms with Crippen molar-refractivity contribution in [1.82, 2.24) is 29.9 Å². The van der Waals surface area contributed by atoms with Crippen LogP contribution in [0.2, 0.25) is 5.02 Å². The number of aryl methyl sites for hydroxylation is 1. The maximum atomic E-state index is 13.4. The van der Waals surface area contributed by atoms with Gasteiger partial charge in [0.1, 0.15) is 18.5 Å². The Morgan fingerprint density at radius 3 is 2.97 bits per heavy atom. The summed E-state index contributed by atoms with van der Waals surface area (Å²) in [6.45, 7) is 2.43. The van der Waals surface area contributed by atoms with Crippen molar-refractivity contribution in [2.24, 2.45) is 13.0 Å². The van der Waals surface area contributed by atoms with Crippen LogP contribution in [0.5, 0.6) is 0 Å². The molecule has 1 aliphatic carbocycles. The van der Waals surface area contributed by atoms with Crippen LogP contribution in [-0.4, -0.2) is 49.0 Å². The maximum absolute atomic E-state index is 13.4. The van der Waals surface area contributed by atoms with E-state index in [1.165, 1.54) is 0 Å². The fourth-order valence-electron chi connectivity index (χ4n) is 4.99. The average molecular weight is 458 g/mol. The molecule has 2 bridgehead atoms. The summed E-state index contributed by atoms with van der Waals surface area (Å²) in [7, 11) is 3.36. The molecule has 5 rings (SSSR count). The van der Waals surface area contributed by atoms with E-state index in [0.717, 1.165) is 19.3 Å². The zero-order valence-electron chi connectivity index (χ0n) is 18.1. The number of rotatable bonds is 5. The van der Waals surface area contributed by atoms with E-state index in [1.807, 2.05) is 4.90 Å². The lowest BCUT2D eigenvalue weighted by atomic mass is 9.64. The van der Waals surface area contributed by atoms with Gasteiger partial charge in [-0.15, -0.1) is 10.2 Å². The van der Waals surface area contributed by atoms with Gasteiger partial charge in [-0.25, -0.2) is 9.78 Å². The molecular weight excluding hydrogens is 434 g/mol. The van der Waals surface area contributed by atoms with Crippen LogP contribution in [0.4, 0.5) is 10.5 Å². The Balaban J connectivity index is 1.41. The van der Waals surface area contributed by atoms with Gasteiger partial charge in [0.15, 0.2) is 5.82 Å². The lowest BCUT2D eigenvalue weighted by Crippen LogP contribution is -2.70. The molecule has 2 aliphatic rings. The van der Waals surface area contributed by atoms with Gasteiger partial charge < -0.3 is 19.4 Å². The molecule has 2 fully saturated rings. The normalized spacial score (nSPS) is 24.3. The van der Waals surface area contributed by atoms with Crippen molar-refractivity contribution < 1.29 is 13.9 Å². The van der Waals surface area contributed by atoms with Crippen LogP contribution in [0.1, 0.15) is 38.0 Å². The van der Waals surface area contributed by atoms with Crippen molar-refractivity contribution in [3.05, 3.63) is 41.3 Å². The molecule has 0 radical (unpaired) electrons. The highest BCUT2D eigenvalue weighted by Crippen LogP contribution is 2.55. The molecule has 1 aliphatic heterocycles. The minimum absolute atomic E-state index is 0.126. The van der Waals surface area contributed by atoms with Crippen molar-refractivity contribution in [2.45, 2.75) is 44.4 Å². The van der Waals surface area contributed by atoms with E-state index in [0.29, 0.717) is 39.8 Å². The van der Waals surface area contributed by atoms with Crippen molar-refractivity contribution in [3.8, 4) is 11.4 Å². The van der Waals surface area contributed by atoms with Gasteiger partial charge in [0.2, 0.25) is 11.8 Å². The SMILES string of the molecule is COCc1nnc([C@]23C[C@@H](C)C[C@H](C2)N3C(=O)Nc2ccc(Cl)c(-c3ncn(C)n3)c2)o1. The summed E-state index contributed by atoms with van der Waals surface area (Å²) >= 11 is 6.35. The summed E-state index contributed by atoms with van der Waals surface area (Å²) in [6, 6.07) is 5.19. The van der Waals surface area contributed by atoms with E-state index in [2.05, 4.69) is 32.5 Å². The number of ether oxygens (including phenoxy) is 1. The van der Waals surface area contributed by atoms with Crippen LogP contribution >= 0.6 is 11.6 Å². The van der Waals surface area contributed by atoms with Crippen LogP contribution in [0.15, 0.2) is 28.9 Å². The van der Waals surface area contributed by atoms with Crippen LogP contribution in [0, 0.1) is 5.92 Å². The number of anilines is 1. The number of halogens is 1. The molecule has 10 nitrogen and oxygen atoms in total. The van der Waals surface area contributed by atoms with Crippen molar-refractivity contribution >= 4 is 23.3 Å². The van der Waals surface area contributed by atoms with Gasteiger partial charge in [-0.2, -0.15) is 5.10 Å². The molecule has 1 saturated heterocycles. The molecule has 2 aromatic heterocycles. The zero-order chi connectivity index (χ0) is 22.5. The van der Waals surface area contributed by atoms with Crippen molar-refractivity contribution in [3.63, 3.8) is 0 Å². The number of piperidine rings is 1. The van der Waals surface area contributed by atoms with E-state index in [9.17, 15) is 4.79 Å². The Kier molecular flexibility index (Phi) is 5.13. The minimum atomic E-state index is -0.594. The molecule has 1 aromatic carbocycles. The second kappa shape index (κ2) is 7.86. The molecule has 3 aromatic rings. The number of nitrogens with one attached hydrogen (secondary N) is 1. The molecule has 32 heavy (non-hydrogen) atoms. The quantitative estimate of drug-likeness (QED) is 0.623. The predicted octanol–water partition coefficient (Wildman–Crippen LogP) is 3.60. The van der Waals surface area contributed by atoms with Crippen LogP contribution in [0.25, 0.3) is 11.4 Å². The number of hydrogen-bond acceptors (Lipinski definition) is 7. The largest absolute Gasteiger partial charge is 0.420 e. The molecule has 0 unspecified atom stereocenters. The number of urea groups is 1. The summed E-state index contributed by atoms with van der Waals surface area (Å²) in [5, 5.41) is 16.2. The molecule has 3 heterocycles. The smallest absolute Gasteiger partial charge is 0.323 e. The van der Waals surface area contributed by atoms with Gasteiger partial charge in [0.05, 0.1) is 5.02 Å². The molecule has 1 N–H and O–H groups in total. The van der Waals surface area contributed by atoms with Gasteiger partial charge in [-0.1, -0.05) is 18.5 Å². The number of benzene rings is 1. The fourth-order valence-corrected chi connectivity index (χ4v) is 5.20. The molecule has 11 heteroatoms. The number of methoxy groups -OCH3 is 1. The number of amides is 2. The summed E-state index contributed by atoms with van der Waals surface area (Å²) in [6.07, 6.45) is 4.13. The standard InChI is InChI=1S/C21H24ClN7O3/c1-12-6-14-9-21(8-12,19-26-25-17(32-19)10-31-3)29(14)20(30)24-13-4-5-16(22)15(7-13)18-23-11-28(2)27-18/h4-5,7,11-12,14H,6,8-10H2,1-3H3,(H,24,30)/t12-,14+,21-/m0/s1. The van der Waals surface area contributed by atoms with Gasteiger partial charge >= 0.3 is 6.03 Å². The number of fused-ring (bicyclic) bond motifs is 2. The lowest BCUT2D eigenvalue weighted by molar-refractivity contribution is -0.110. The number of nitrogens with zero attached hydrogens (tertiary/aromatic N) is 6. The molecule has 3 atom stereocenters. The summed E-state index contributed by atoms with van der Waals surface area (Å²) in [5.74, 6) is 1.82. The van der Waals surface area contributed by atoms with Gasteiger partial charge in [-0.3, -0.25) is 4.68 Å². The predicted molar refractivity (Wildman–Crippen MR) is 116 cm³/mol. The average Bonchev–Trinajstić information content (AvgIpc) is 3.38. The van der Waals surface area contributed by atoms with E-state index in [-0.39, 0.29) is 18.7 Å². The fraction of sp³-hybridized carbons (Fsp3) is 0.476. The number of carbonyl (C=O) groups excluding carboxylic acids is 1. The second-order valence-corrected chi connectivity index (χ2v) is 9.01. The highest BCUT2D eigenvalue weighted by atomic mass is 35.5. The third-order valence-corrected chi connectivity index (χ3v) is 6.50. The first-order valence-corrected chi connectivity index (χ1v) is 10.8. The van der Waals surface area contributed by atoms with Gasteiger partial charge in [-0.05, 0) is 37.0 Å². The highest BCUT2D eigenvalue weighted by Gasteiger charge is 2.62. The Labute approximate surface area is 189 Å². The third kappa shape index (κ3) is 3.43. The first kappa shape index (κ1) is 20.9. The highest BCUT2D eigenvalue weighted by molar-refractivity contribution is 6.33.